The van der Waals surface area contributed by atoms with Crippen molar-refractivity contribution in [3.05, 3.63) is 53.1 Å². The van der Waals surface area contributed by atoms with Gasteiger partial charge in [0.25, 0.3) is 0 Å². The molecule has 4 aromatic rings. The number of hydrogen-bond donors (Lipinski definition) is 4. The Balaban J connectivity index is 1.31. The molecule has 4 N–H and O–H groups in total. The third-order valence-electron chi connectivity index (χ3n) is 4.81. The molecule has 1 atom stereocenters. The Kier molecular flexibility index (Phi) is 4.12. The second-order valence-corrected chi connectivity index (χ2v) is 7.42. The van der Waals surface area contributed by atoms with Gasteiger partial charge in [-0.15, -0.1) is 0 Å². The van der Waals surface area contributed by atoms with Crippen LogP contribution < -0.4 is 10.6 Å². The average molecular weight is 395 g/mol. The number of anilines is 3. The first-order chi connectivity index (χ1) is 13.7. The summed E-state index contributed by atoms with van der Waals surface area (Å²) in [4.78, 5) is 16.6. The van der Waals surface area contributed by atoms with E-state index in [1.54, 1.807) is 12.4 Å². The maximum absolute atomic E-state index is 6.18. The van der Waals surface area contributed by atoms with E-state index in [4.69, 9.17) is 11.6 Å². The van der Waals surface area contributed by atoms with Crippen molar-refractivity contribution in [1.82, 2.24) is 30.1 Å². The van der Waals surface area contributed by atoms with Gasteiger partial charge in [0.1, 0.15) is 11.3 Å². The normalized spacial score (nSPS) is 14.9. The highest BCUT2D eigenvalue weighted by atomic mass is 35.5. The number of nitrogens with one attached hydrogen (secondary N) is 4. The number of rotatable bonds is 6. The topological polar surface area (TPSA) is 107 Å². The van der Waals surface area contributed by atoms with E-state index < -0.39 is 0 Å². The molecule has 1 fully saturated rings. The molecule has 0 aromatic carbocycles. The first-order valence-electron chi connectivity index (χ1n) is 9.21. The van der Waals surface area contributed by atoms with Crippen molar-refractivity contribution in [1.29, 1.82) is 0 Å². The summed E-state index contributed by atoms with van der Waals surface area (Å²) in [6, 6.07) is 7.69. The number of fused-ring (bicyclic) bond motifs is 1. The van der Waals surface area contributed by atoms with Crippen molar-refractivity contribution in [2.45, 2.75) is 31.7 Å². The summed E-state index contributed by atoms with van der Waals surface area (Å²) in [5, 5.41) is 14.5. The van der Waals surface area contributed by atoms with E-state index in [9.17, 15) is 0 Å². The summed E-state index contributed by atoms with van der Waals surface area (Å²) in [5.74, 6) is 2.58. The first-order valence-corrected chi connectivity index (χ1v) is 9.59. The number of H-pyrrole nitrogens is 2. The van der Waals surface area contributed by atoms with Gasteiger partial charge in [-0.1, -0.05) is 11.6 Å². The smallest absolute Gasteiger partial charge is 0.225 e. The van der Waals surface area contributed by atoms with E-state index >= 15 is 0 Å². The zero-order chi connectivity index (χ0) is 19.1. The minimum Gasteiger partial charge on any atom is -0.358 e. The fourth-order valence-corrected chi connectivity index (χ4v) is 3.32. The predicted molar refractivity (Wildman–Crippen MR) is 109 cm³/mol. The fourth-order valence-electron chi connectivity index (χ4n) is 3.12. The van der Waals surface area contributed by atoms with Crippen LogP contribution in [0.3, 0.4) is 0 Å². The molecule has 0 radical (unpaired) electrons. The molecule has 8 nitrogen and oxygen atoms in total. The van der Waals surface area contributed by atoms with E-state index in [0.29, 0.717) is 22.7 Å². The highest BCUT2D eigenvalue weighted by Crippen LogP contribution is 2.39. The summed E-state index contributed by atoms with van der Waals surface area (Å²) in [5.41, 5.74) is 3.70. The predicted octanol–water partition coefficient (Wildman–Crippen LogP) is 4.52. The van der Waals surface area contributed by atoms with Gasteiger partial charge in [0, 0.05) is 30.1 Å². The lowest BCUT2D eigenvalue weighted by Gasteiger charge is -2.14. The minimum absolute atomic E-state index is 0.0857. The molecular formula is C19H19ClN8. The summed E-state index contributed by atoms with van der Waals surface area (Å²) in [6.07, 6.45) is 5.91. The van der Waals surface area contributed by atoms with Crippen LogP contribution in [0.1, 0.15) is 43.1 Å². The average Bonchev–Trinajstić information content (AvgIpc) is 3.34. The molecule has 5 rings (SSSR count). The van der Waals surface area contributed by atoms with Crippen molar-refractivity contribution in [3.63, 3.8) is 0 Å². The first kappa shape index (κ1) is 17.0. The lowest BCUT2D eigenvalue weighted by atomic mass is 10.2. The number of hydrogen-bond acceptors (Lipinski definition) is 6. The maximum Gasteiger partial charge on any atom is 0.225 e. The number of pyridine rings is 1. The van der Waals surface area contributed by atoms with Crippen LogP contribution in [-0.2, 0) is 0 Å². The minimum atomic E-state index is -0.0857. The number of aromatic nitrogens is 6. The third kappa shape index (κ3) is 3.38. The summed E-state index contributed by atoms with van der Waals surface area (Å²) < 4.78 is 0. The molecule has 9 heteroatoms. The molecule has 0 amide bonds. The maximum atomic E-state index is 6.18. The van der Waals surface area contributed by atoms with Crippen molar-refractivity contribution in [2.75, 3.05) is 10.6 Å². The molecule has 1 aliphatic rings. The van der Waals surface area contributed by atoms with Gasteiger partial charge in [0.2, 0.25) is 5.95 Å². The fraction of sp³-hybridized carbons (Fsp3) is 0.263. The van der Waals surface area contributed by atoms with E-state index in [-0.39, 0.29) is 6.04 Å². The van der Waals surface area contributed by atoms with E-state index in [1.165, 1.54) is 18.5 Å². The van der Waals surface area contributed by atoms with Gasteiger partial charge in [0.15, 0.2) is 5.82 Å². The van der Waals surface area contributed by atoms with Gasteiger partial charge in [-0.25, -0.2) is 9.97 Å². The van der Waals surface area contributed by atoms with E-state index in [2.05, 4.69) is 40.8 Å². The van der Waals surface area contributed by atoms with E-state index in [1.807, 2.05) is 31.2 Å². The molecule has 1 aliphatic carbocycles. The summed E-state index contributed by atoms with van der Waals surface area (Å²) in [7, 11) is 0. The van der Waals surface area contributed by atoms with Crippen LogP contribution in [0.2, 0.25) is 5.02 Å². The van der Waals surface area contributed by atoms with Crippen molar-refractivity contribution in [3.8, 4) is 0 Å². The van der Waals surface area contributed by atoms with Gasteiger partial charge < -0.3 is 15.6 Å². The second kappa shape index (κ2) is 6.79. The number of halogens is 1. The Morgan fingerprint density at radius 3 is 2.93 bits per heavy atom. The van der Waals surface area contributed by atoms with Crippen LogP contribution in [0.15, 0.2) is 36.7 Å². The van der Waals surface area contributed by atoms with Gasteiger partial charge >= 0.3 is 0 Å². The lowest BCUT2D eigenvalue weighted by Crippen LogP contribution is -2.11. The standard InChI is InChI=1S/C19H19ClN8/c1-10(13-4-5-14-18(24-13)12(20)9-22-14)23-19-21-7-6-16(26-19)25-17-8-15(27-28-17)11-2-3-11/h4-11,22H,2-3H2,1H3,(H3,21,23,25,26,27,28)/t10-/m0/s1. The summed E-state index contributed by atoms with van der Waals surface area (Å²) >= 11 is 6.18. The van der Waals surface area contributed by atoms with Crippen LogP contribution in [0.4, 0.5) is 17.6 Å². The van der Waals surface area contributed by atoms with Gasteiger partial charge in [-0.05, 0) is 38.0 Å². The zero-order valence-corrected chi connectivity index (χ0v) is 16.0. The molecule has 4 aromatic heterocycles. The molecule has 142 valence electrons. The van der Waals surface area contributed by atoms with Gasteiger partial charge in [-0.3, -0.25) is 5.10 Å². The Hall–Kier alpha value is -3.13. The number of nitrogens with zero attached hydrogens (tertiary/aromatic N) is 4. The molecule has 28 heavy (non-hydrogen) atoms. The van der Waals surface area contributed by atoms with E-state index in [0.717, 1.165) is 22.5 Å². The van der Waals surface area contributed by atoms with Gasteiger partial charge in [-0.2, -0.15) is 10.1 Å². The summed E-state index contributed by atoms with van der Waals surface area (Å²) in [6.45, 7) is 2.01. The third-order valence-corrected chi connectivity index (χ3v) is 5.10. The van der Waals surface area contributed by atoms with Crippen molar-refractivity contribution >= 4 is 40.2 Å². The Bertz CT molecular complexity index is 1130. The molecular weight excluding hydrogens is 376 g/mol. The molecule has 0 bridgehead atoms. The monoisotopic (exact) mass is 394 g/mol. The molecule has 0 saturated heterocycles. The Labute approximate surface area is 166 Å². The highest BCUT2D eigenvalue weighted by molar-refractivity contribution is 6.35. The molecule has 0 aliphatic heterocycles. The lowest BCUT2D eigenvalue weighted by molar-refractivity contribution is 0.828. The Morgan fingerprint density at radius 1 is 1.18 bits per heavy atom. The second-order valence-electron chi connectivity index (χ2n) is 7.01. The zero-order valence-electron chi connectivity index (χ0n) is 15.2. The largest absolute Gasteiger partial charge is 0.358 e. The molecule has 0 spiro atoms. The molecule has 1 saturated carbocycles. The molecule has 4 heterocycles. The van der Waals surface area contributed by atoms with Gasteiger partial charge in [0.05, 0.1) is 22.3 Å². The van der Waals surface area contributed by atoms with Crippen LogP contribution in [0, 0.1) is 0 Å². The van der Waals surface area contributed by atoms with Crippen molar-refractivity contribution in [2.24, 2.45) is 0 Å². The van der Waals surface area contributed by atoms with Crippen molar-refractivity contribution < 1.29 is 0 Å². The highest BCUT2D eigenvalue weighted by Gasteiger charge is 2.25. The Morgan fingerprint density at radius 2 is 2.07 bits per heavy atom. The van der Waals surface area contributed by atoms with Crippen LogP contribution in [0.25, 0.3) is 11.0 Å². The number of aromatic amines is 2. The molecule has 0 unspecified atom stereocenters. The SMILES string of the molecule is C[C@H](Nc1nccc(Nc2cc(C3CC3)[nH]n2)n1)c1ccc2[nH]cc(Cl)c2n1. The quantitative estimate of drug-likeness (QED) is 0.383. The van der Waals surface area contributed by atoms with Crippen LogP contribution in [-0.4, -0.2) is 30.1 Å². The van der Waals surface area contributed by atoms with Crippen LogP contribution in [0.5, 0.6) is 0 Å². The van der Waals surface area contributed by atoms with Crippen LogP contribution >= 0.6 is 11.6 Å².